The van der Waals surface area contributed by atoms with E-state index in [1.807, 2.05) is 24.3 Å². The fourth-order valence-electron chi connectivity index (χ4n) is 9.06. The number of phosphoric ester groups is 2. The summed E-state index contributed by atoms with van der Waals surface area (Å²) in [7, 11) is -10.0. The summed E-state index contributed by atoms with van der Waals surface area (Å²) >= 11 is 0. The van der Waals surface area contributed by atoms with Gasteiger partial charge in [0, 0.05) is 25.7 Å². The van der Waals surface area contributed by atoms with E-state index < -0.39 is 97.5 Å². The van der Waals surface area contributed by atoms with E-state index in [0.29, 0.717) is 38.5 Å². The first kappa shape index (κ1) is 97.6. The normalized spacial score (nSPS) is 15.0. The summed E-state index contributed by atoms with van der Waals surface area (Å²) in [5, 5.41) is 10.6. The maximum Gasteiger partial charge on any atom is 0.472 e. The molecular formula is C85H132O17P2. The van der Waals surface area contributed by atoms with Crippen LogP contribution in [0.25, 0.3) is 0 Å². The Morgan fingerprint density at radius 3 is 0.788 bits per heavy atom. The van der Waals surface area contributed by atoms with Gasteiger partial charge in [-0.3, -0.25) is 37.3 Å². The van der Waals surface area contributed by atoms with E-state index >= 15 is 0 Å². The highest BCUT2D eigenvalue weighted by Crippen LogP contribution is 2.45. The van der Waals surface area contributed by atoms with Crippen LogP contribution in [0.5, 0.6) is 0 Å². The minimum Gasteiger partial charge on any atom is -0.462 e. The van der Waals surface area contributed by atoms with E-state index in [2.05, 4.69) is 210 Å². The number of esters is 4. The second kappa shape index (κ2) is 74.9. The summed E-state index contributed by atoms with van der Waals surface area (Å²) < 4.78 is 68.3. The molecule has 3 N–H and O–H groups in total. The van der Waals surface area contributed by atoms with Gasteiger partial charge in [-0.2, -0.15) is 0 Å². The van der Waals surface area contributed by atoms with E-state index in [0.717, 1.165) is 154 Å². The highest BCUT2D eigenvalue weighted by atomic mass is 31.2. The minimum atomic E-state index is -5.02. The second-order valence-corrected chi connectivity index (χ2v) is 27.3. The van der Waals surface area contributed by atoms with Crippen molar-refractivity contribution in [3.05, 3.63) is 207 Å². The standard InChI is InChI=1S/C85H132O17P2/c1-5-9-13-17-21-25-29-33-37-39-43-46-50-54-58-62-66-70-83(88)96-76-81(102-85(90)72-68-64-60-56-52-48-44-40-38-34-30-26-22-18-14-10-6-2)78-100-104(93,94)98-74-79(86)73-97-103(91,92)99-77-80(101-84(89)71-67-63-59-55-51-47-42-36-32-28-24-20-16-12-8-4)75-95-82(87)69-65-61-57-53-49-45-41-35-31-27-23-19-15-11-7-3/h9-16,21-28,33-38,41-44,46,48-49,53-54,56,58,60,79-81,86H,5-8,17-20,29-32,39-40,45,47,50-52,55,57,59,61-78H2,1-4H3,(H,91,92)(H,93,94)/b13-9-,14-10-,15-11-,16-12-,25-21-,26-22-,27-23-,28-24-,37-33-,38-34-,41-35-,42-36-,46-43-,48-44-,53-49-,58-54-,60-56-. The lowest BCUT2D eigenvalue weighted by atomic mass is 10.1. The molecule has 19 heteroatoms. The van der Waals surface area contributed by atoms with Gasteiger partial charge in [0.2, 0.25) is 0 Å². The van der Waals surface area contributed by atoms with Crippen LogP contribution in [0.2, 0.25) is 0 Å². The van der Waals surface area contributed by atoms with Crippen LogP contribution >= 0.6 is 15.6 Å². The third-order valence-corrected chi connectivity index (χ3v) is 16.6. The number of carbonyl (C=O) groups is 4. The molecule has 0 aliphatic heterocycles. The Labute approximate surface area is 627 Å². The van der Waals surface area contributed by atoms with Gasteiger partial charge in [-0.15, -0.1) is 0 Å². The number of phosphoric acid groups is 2. The molecule has 0 heterocycles. The van der Waals surface area contributed by atoms with Gasteiger partial charge < -0.3 is 33.8 Å². The van der Waals surface area contributed by atoms with Crippen molar-refractivity contribution < 1.29 is 80.2 Å². The molecule has 0 aromatic heterocycles. The molecule has 0 rings (SSSR count). The Morgan fingerprint density at radius 1 is 0.269 bits per heavy atom. The molecule has 0 aliphatic rings. The quantitative estimate of drug-likeness (QED) is 0.0169. The number of rotatable bonds is 69. The Kier molecular flexibility index (Phi) is 70.3. The predicted molar refractivity (Wildman–Crippen MR) is 426 cm³/mol. The van der Waals surface area contributed by atoms with Crippen molar-refractivity contribution >= 4 is 39.5 Å². The zero-order valence-corrected chi connectivity index (χ0v) is 65.4. The average molecular weight is 1490 g/mol. The maximum absolute atomic E-state index is 13.1. The first-order chi connectivity index (χ1) is 50.7. The third-order valence-electron chi connectivity index (χ3n) is 14.7. The van der Waals surface area contributed by atoms with Crippen LogP contribution in [0.4, 0.5) is 0 Å². The zero-order chi connectivity index (χ0) is 76.0. The molecule has 0 saturated heterocycles. The van der Waals surface area contributed by atoms with E-state index in [9.17, 15) is 43.2 Å². The first-order valence-corrected chi connectivity index (χ1v) is 41.3. The topological polar surface area (TPSA) is 237 Å². The largest absolute Gasteiger partial charge is 0.472 e. The van der Waals surface area contributed by atoms with Crippen LogP contribution in [0.15, 0.2) is 207 Å². The molecule has 5 unspecified atom stereocenters. The average Bonchev–Trinajstić information content (AvgIpc) is 0.926. The van der Waals surface area contributed by atoms with Crippen molar-refractivity contribution in [2.75, 3.05) is 39.6 Å². The van der Waals surface area contributed by atoms with E-state index in [-0.39, 0.29) is 25.7 Å². The lowest BCUT2D eigenvalue weighted by molar-refractivity contribution is -0.161. The summed E-state index contributed by atoms with van der Waals surface area (Å²) in [5.74, 6) is -2.41. The molecule has 0 aliphatic carbocycles. The number of carbonyl (C=O) groups excluding carboxylic acids is 4. The van der Waals surface area contributed by atoms with Gasteiger partial charge in [0.1, 0.15) is 19.3 Å². The number of aliphatic hydroxyl groups excluding tert-OH is 1. The minimum absolute atomic E-state index is 0.00613. The molecule has 0 bridgehead atoms. The number of hydrogen-bond acceptors (Lipinski definition) is 15. The van der Waals surface area contributed by atoms with Gasteiger partial charge in [-0.1, -0.05) is 254 Å². The van der Waals surface area contributed by atoms with Crippen LogP contribution < -0.4 is 0 Å². The molecule has 584 valence electrons. The number of unbranched alkanes of at least 4 members (excludes halogenated alkanes) is 9. The second-order valence-electron chi connectivity index (χ2n) is 24.4. The van der Waals surface area contributed by atoms with Gasteiger partial charge >= 0.3 is 39.5 Å². The Balaban J connectivity index is 5.55. The van der Waals surface area contributed by atoms with Gasteiger partial charge in [0.25, 0.3) is 0 Å². The lowest BCUT2D eigenvalue weighted by Gasteiger charge is -2.21. The molecule has 0 saturated carbocycles. The molecule has 0 fully saturated rings. The third kappa shape index (κ3) is 73.9. The van der Waals surface area contributed by atoms with E-state index in [4.69, 9.17) is 37.0 Å². The Hall–Kier alpha value is -6.36. The molecule has 0 aromatic rings. The fraction of sp³-hybridized carbons (Fsp3) is 0.553. The van der Waals surface area contributed by atoms with Crippen molar-refractivity contribution in [3.63, 3.8) is 0 Å². The van der Waals surface area contributed by atoms with Gasteiger partial charge in [0.15, 0.2) is 12.2 Å². The Morgan fingerprint density at radius 2 is 0.481 bits per heavy atom. The van der Waals surface area contributed by atoms with Crippen LogP contribution in [-0.2, 0) is 65.4 Å². The van der Waals surface area contributed by atoms with Crippen molar-refractivity contribution in [1.82, 2.24) is 0 Å². The van der Waals surface area contributed by atoms with Crippen LogP contribution in [-0.4, -0.2) is 96.7 Å². The smallest absolute Gasteiger partial charge is 0.462 e. The lowest BCUT2D eigenvalue weighted by Crippen LogP contribution is -2.30. The predicted octanol–water partition coefficient (Wildman–Crippen LogP) is 22.3. The van der Waals surface area contributed by atoms with E-state index in [1.54, 1.807) is 0 Å². The van der Waals surface area contributed by atoms with Crippen LogP contribution in [0.3, 0.4) is 0 Å². The van der Waals surface area contributed by atoms with Gasteiger partial charge in [-0.25, -0.2) is 9.13 Å². The molecule has 5 atom stereocenters. The first-order valence-electron chi connectivity index (χ1n) is 38.3. The van der Waals surface area contributed by atoms with Crippen molar-refractivity contribution in [1.29, 1.82) is 0 Å². The zero-order valence-electron chi connectivity index (χ0n) is 63.6. The van der Waals surface area contributed by atoms with Crippen LogP contribution in [0.1, 0.15) is 246 Å². The maximum atomic E-state index is 13.1. The molecule has 0 amide bonds. The highest BCUT2D eigenvalue weighted by molar-refractivity contribution is 7.47. The molecule has 0 radical (unpaired) electrons. The summed E-state index contributed by atoms with van der Waals surface area (Å²) in [4.78, 5) is 72.9. The highest BCUT2D eigenvalue weighted by Gasteiger charge is 2.30. The summed E-state index contributed by atoms with van der Waals surface area (Å²) in [6.07, 6.45) is 92.7. The SMILES string of the molecule is CC/C=C\C/C=C\C/C=C\C/C=C\C/C=C\CCCC(=O)OCC(COP(=O)(O)OCC(O)COP(=O)(O)OCC(COC(=O)CCCC/C=C\C/C=C\C/C=C\C/C=C\CC)OC(=O)CCCCCCC/C=C\C/C=C\C/C=C\CC)OC(=O)CCC/C=C\C/C=C\C/C=C\C/C=C\C/C=C\CC. The number of aliphatic hydroxyl groups is 1. The van der Waals surface area contributed by atoms with Crippen molar-refractivity contribution in [2.24, 2.45) is 0 Å². The fourth-order valence-corrected chi connectivity index (χ4v) is 10.6. The number of ether oxygens (including phenoxy) is 4. The van der Waals surface area contributed by atoms with Crippen molar-refractivity contribution in [2.45, 2.75) is 264 Å². The van der Waals surface area contributed by atoms with Gasteiger partial charge in [0.05, 0.1) is 26.4 Å². The summed E-state index contributed by atoms with van der Waals surface area (Å²) in [6, 6.07) is 0. The molecule has 104 heavy (non-hydrogen) atoms. The number of allylic oxidation sites excluding steroid dienone is 34. The monoisotopic (exact) mass is 1490 g/mol. The Bertz CT molecular complexity index is 2790. The summed E-state index contributed by atoms with van der Waals surface area (Å²) in [6.45, 7) is 4.17. The number of hydrogen-bond donors (Lipinski definition) is 3. The summed E-state index contributed by atoms with van der Waals surface area (Å²) in [5.41, 5.74) is 0. The molecular weight excluding hydrogens is 1350 g/mol. The molecule has 17 nitrogen and oxygen atoms in total. The molecule has 0 spiro atoms. The van der Waals surface area contributed by atoms with Crippen LogP contribution in [0, 0.1) is 0 Å². The molecule has 0 aromatic carbocycles. The van der Waals surface area contributed by atoms with Gasteiger partial charge in [-0.05, 0) is 173 Å². The van der Waals surface area contributed by atoms with Crippen molar-refractivity contribution in [3.8, 4) is 0 Å². The van der Waals surface area contributed by atoms with E-state index in [1.165, 1.54) is 0 Å².